The summed E-state index contributed by atoms with van der Waals surface area (Å²) in [6.45, 7) is 1.80. The number of carbonyl (C=O) groups is 2. The number of methoxy groups -OCH3 is 2. The molecule has 0 radical (unpaired) electrons. The van der Waals surface area contributed by atoms with Gasteiger partial charge in [-0.1, -0.05) is 13.3 Å². The summed E-state index contributed by atoms with van der Waals surface area (Å²) in [4.78, 5) is 22.9. The van der Waals surface area contributed by atoms with Gasteiger partial charge in [0.1, 0.15) is 6.04 Å². The number of carboxylic acids is 1. The summed E-state index contributed by atoms with van der Waals surface area (Å²) in [6, 6.07) is 3.14. The third-order valence-corrected chi connectivity index (χ3v) is 5.24. The third kappa shape index (κ3) is 5.93. The topological polar surface area (TPSA) is 119 Å². The van der Waals surface area contributed by atoms with Crippen LogP contribution in [0.25, 0.3) is 0 Å². The number of carbonyl (C=O) groups excluding carboxylic acids is 1. The quantitative estimate of drug-likeness (QED) is 0.633. The fourth-order valence-corrected chi connectivity index (χ4v) is 3.42. The van der Waals surface area contributed by atoms with E-state index in [-0.39, 0.29) is 23.5 Å². The van der Waals surface area contributed by atoms with Gasteiger partial charge in [0.2, 0.25) is 5.91 Å². The Kier molecular flexibility index (Phi) is 7.69. The molecule has 0 fully saturated rings. The van der Waals surface area contributed by atoms with Crippen molar-refractivity contribution < 1.29 is 32.6 Å². The maximum absolute atomic E-state index is 12.4. The third-order valence-electron chi connectivity index (χ3n) is 3.52. The normalized spacial score (nSPS) is 12.3. The number of benzene rings is 1. The van der Waals surface area contributed by atoms with Gasteiger partial charge in [-0.3, -0.25) is 4.79 Å². The molecule has 0 heterocycles. The van der Waals surface area contributed by atoms with Crippen molar-refractivity contribution in [3.63, 3.8) is 0 Å². The molecule has 2 N–H and O–H groups in total. The van der Waals surface area contributed by atoms with Crippen molar-refractivity contribution in [2.75, 3.05) is 20.0 Å². The van der Waals surface area contributed by atoms with E-state index in [1.165, 1.54) is 32.4 Å². The highest BCUT2D eigenvalue weighted by molar-refractivity contribution is 7.91. The first-order valence-electron chi connectivity index (χ1n) is 7.72. The average Bonchev–Trinajstić information content (AvgIpc) is 2.58. The van der Waals surface area contributed by atoms with Gasteiger partial charge < -0.3 is 19.9 Å². The number of hydrogen-bond acceptors (Lipinski definition) is 6. The molecule has 1 aromatic rings. The summed E-state index contributed by atoms with van der Waals surface area (Å²) >= 11 is 0. The molecule has 1 unspecified atom stereocenters. The van der Waals surface area contributed by atoms with E-state index in [4.69, 9.17) is 14.6 Å². The number of hydrogen-bond donors (Lipinski definition) is 2. The van der Waals surface area contributed by atoms with Crippen molar-refractivity contribution in [3.8, 4) is 11.5 Å². The Morgan fingerprint density at radius 1 is 1.20 bits per heavy atom. The maximum Gasteiger partial charge on any atom is 0.326 e. The molecule has 1 atom stereocenters. The van der Waals surface area contributed by atoms with Crippen molar-refractivity contribution in [3.05, 3.63) is 18.2 Å². The summed E-state index contributed by atoms with van der Waals surface area (Å²) in [5.74, 6) is -1.54. The molecule has 8 nitrogen and oxygen atoms in total. The minimum Gasteiger partial charge on any atom is -0.493 e. The molecule has 0 bridgehead atoms. The average molecular weight is 373 g/mol. The van der Waals surface area contributed by atoms with Gasteiger partial charge in [-0.15, -0.1) is 0 Å². The number of rotatable bonds is 10. The van der Waals surface area contributed by atoms with Gasteiger partial charge in [-0.25, -0.2) is 13.2 Å². The molecular weight excluding hydrogens is 350 g/mol. The zero-order valence-corrected chi connectivity index (χ0v) is 15.3. The van der Waals surface area contributed by atoms with Crippen LogP contribution in [0, 0.1) is 0 Å². The van der Waals surface area contributed by atoms with Crippen LogP contribution in [-0.4, -0.2) is 51.4 Å². The molecule has 25 heavy (non-hydrogen) atoms. The standard InChI is InChI=1S/C16H23NO7S/c1-4-5-12(16(19)20)17-15(18)8-9-25(21,22)11-6-7-13(23-2)14(10-11)24-3/h6-7,10,12H,4-5,8-9H2,1-3H3,(H,17,18)(H,19,20). The maximum atomic E-state index is 12.4. The molecule has 0 aliphatic rings. The molecule has 1 amide bonds. The first-order chi connectivity index (χ1) is 11.7. The predicted molar refractivity (Wildman–Crippen MR) is 90.7 cm³/mol. The Bertz CT molecular complexity index is 715. The molecular formula is C16H23NO7S. The van der Waals surface area contributed by atoms with Gasteiger partial charge in [0.15, 0.2) is 21.3 Å². The Morgan fingerprint density at radius 2 is 1.84 bits per heavy atom. The van der Waals surface area contributed by atoms with E-state index in [1.54, 1.807) is 6.92 Å². The summed E-state index contributed by atoms with van der Waals surface area (Å²) < 4.78 is 34.8. The molecule has 0 spiro atoms. The van der Waals surface area contributed by atoms with E-state index in [0.29, 0.717) is 12.2 Å². The predicted octanol–water partition coefficient (Wildman–Crippen LogP) is 1.24. The number of nitrogens with one attached hydrogen (secondary N) is 1. The lowest BCUT2D eigenvalue weighted by atomic mass is 10.1. The van der Waals surface area contributed by atoms with E-state index in [1.807, 2.05) is 0 Å². The molecule has 1 aromatic carbocycles. The fraction of sp³-hybridized carbons (Fsp3) is 0.500. The van der Waals surface area contributed by atoms with Crippen molar-refractivity contribution in [1.82, 2.24) is 5.32 Å². The monoisotopic (exact) mass is 373 g/mol. The molecule has 1 rings (SSSR count). The van der Waals surface area contributed by atoms with Gasteiger partial charge in [0, 0.05) is 12.5 Å². The van der Waals surface area contributed by atoms with E-state index >= 15 is 0 Å². The highest BCUT2D eigenvalue weighted by Gasteiger charge is 2.22. The van der Waals surface area contributed by atoms with Crippen molar-refractivity contribution in [2.45, 2.75) is 37.1 Å². The van der Waals surface area contributed by atoms with Gasteiger partial charge in [0.25, 0.3) is 0 Å². The highest BCUT2D eigenvalue weighted by atomic mass is 32.2. The van der Waals surface area contributed by atoms with Crippen LogP contribution < -0.4 is 14.8 Å². The number of ether oxygens (including phenoxy) is 2. The minimum absolute atomic E-state index is 0.00120. The highest BCUT2D eigenvalue weighted by Crippen LogP contribution is 2.29. The lowest BCUT2D eigenvalue weighted by Crippen LogP contribution is -2.41. The zero-order chi connectivity index (χ0) is 19.0. The van der Waals surface area contributed by atoms with Gasteiger partial charge >= 0.3 is 5.97 Å². The van der Waals surface area contributed by atoms with Crippen LogP contribution in [0.1, 0.15) is 26.2 Å². The van der Waals surface area contributed by atoms with Crippen LogP contribution in [0.5, 0.6) is 11.5 Å². The van der Waals surface area contributed by atoms with Crippen molar-refractivity contribution >= 4 is 21.7 Å². The SMILES string of the molecule is CCCC(NC(=O)CCS(=O)(=O)c1ccc(OC)c(OC)c1)C(=O)O. The summed E-state index contributed by atoms with van der Waals surface area (Å²) in [5, 5.41) is 11.3. The minimum atomic E-state index is -3.73. The van der Waals surface area contributed by atoms with Crippen LogP contribution in [0.3, 0.4) is 0 Å². The Labute approximate surface area is 147 Å². The summed E-state index contributed by atoms with van der Waals surface area (Å²) in [5.41, 5.74) is 0. The Hall–Kier alpha value is -2.29. The van der Waals surface area contributed by atoms with Gasteiger partial charge in [0.05, 0.1) is 24.9 Å². The van der Waals surface area contributed by atoms with E-state index in [0.717, 1.165) is 0 Å². The summed E-state index contributed by atoms with van der Waals surface area (Å²) in [7, 11) is -0.899. The molecule has 0 aliphatic carbocycles. The molecule has 140 valence electrons. The zero-order valence-electron chi connectivity index (χ0n) is 14.4. The Balaban J connectivity index is 2.78. The second-order valence-corrected chi connectivity index (χ2v) is 7.44. The van der Waals surface area contributed by atoms with E-state index in [2.05, 4.69) is 5.32 Å². The van der Waals surface area contributed by atoms with Crippen LogP contribution in [-0.2, 0) is 19.4 Å². The van der Waals surface area contributed by atoms with Crippen LogP contribution in [0.4, 0.5) is 0 Å². The molecule has 0 saturated carbocycles. The smallest absolute Gasteiger partial charge is 0.326 e. The largest absolute Gasteiger partial charge is 0.493 e. The number of carboxylic acid groups (broad SMARTS) is 1. The van der Waals surface area contributed by atoms with Crippen LogP contribution >= 0.6 is 0 Å². The lowest BCUT2D eigenvalue weighted by molar-refractivity contribution is -0.142. The number of amides is 1. The molecule has 0 saturated heterocycles. The van der Waals surface area contributed by atoms with Gasteiger partial charge in [-0.05, 0) is 18.6 Å². The Morgan fingerprint density at radius 3 is 2.36 bits per heavy atom. The number of sulfone groups is 1. The lowest BCUT2D eigenvalue weighted by Gasteiger charge is -2.14. The van der Waals surface area contributed by atoms with Crippen molar-refractivity contribution in [2.24, 2.45) is 0 Å². The second kappa shape index (κ2) is 9.26. The first kappa shape index (κ1) is 20.8. The second-order valence-electron chi connectivity index (χ2n) is 5.33. The number of aliphatic carboxylic acids is 1. The van der Waals surface area contributed by atoms with Crippen LogP contribution in [0.15, 0.2) is 23.1 Å². The summed E-state index contributed by atoms with van der Waals surface area (Å²) in [6.07, 6.45) is 0.537. The van der Waals surface area contributed by atoms with E-state index < -0.39 is 33.5 Å². The van der Waals surface area contributed by atoms with Gasteiger partial charge in [-0.2, -0.15) is 0 Å². The molecule has 0 aromatic heterocycles. The van der Waals surface area contributed by atoms with Crippen LogP contribution in [0.2, 0.25) is 0 Å². The molecule has 0 aliphatic heterocycles. The van der Waals surface area contributed by atoms with Crippen molar-refractivity contribution in [1.29, 1.82) is 0 Å². The fourth-order valence-electron chi connectivity index (χ4n) is 2.17. The molecule has 9 heteroatoms. The van der Waals surface area contributed by atoms with E-state index in [9.17, 15) is 18.0 Å². The first-order valence-corrected chi connectivity index (χ1v) is 9.37.